The summed E-state index contributed by atoms with van der Waals surface area (Å²) in [5.41, 5.74) is -1.03. The molecule has 0 heterocycles. The Morgan fingerprint density at radius 2 is 1.65 bits per heavy atom. The summed E-state index contributed by atoms with van der Waals surface area (Å²) in [5.74, 6) is -1.86. The van der Waals surface area contributed by atoms with Crippen molar-refractivity contribution in [1.29, 1.82) is 0 Å². The van der Waals surface area contributed by atoms with Crippen LogP contribution in [0.2, 0.25) is 0 Å². The smallest absolute Gasteiger partial charge is 0.322 e. The third-order valence-electron chi connectivity index (χ3n) is 2.66. The predicted octanol–water partition coefficient (Wildman–Crippen LogP) is -1.46. The fraction of sp³-hybridized carbons (Fsp3) is 0.154. The van der Waals surface area contributed by atoms with Gasteiger partial charge in [-0.3, -0.25) is 24.2 Å². The van der Waals surface area contributed by atoms with Crippen LogP contribution in [-0.2, 0) is 9.59 Å². The van der Waals surface area contributed by atoms with E-state index in [1.807, 2.05) is 0 Å². The molecule has 0 fully saturated rings. The van der Waals surface area contributed by atoms with Gasteiger partial charge in [0.05, 0.1) is 0 Å². The Morgan fingerprint density at radius 1 is 1.10 bits per heavy atom. The van der Waals surface area contributed by atoms with E-state index in [0.29, 0.717) is 0 Å². The van der Waals surface area contributed by atoms with Crippen LogP contribution < -0.4 is 21.5 Å². The molecule has 7 heteroatoms. The molecule has 0 aliphatic rings. The number of nitrogens with one attached hydrogen (secondary N) is 1. The van der Waals surface area contributed by atoms with Crippen molar-refractivity contribution in [3.8, 4) is 0 Å². The summed E-state index contributed by atoms with van der Waals surface area (Å²) in [7, 11) is 0. The molecule has 2 aromatic carbocycles. The van der Waals surface area contributed by atoms with Crippen molar-refractivity contribution in [1.82, 2.24) is 5.32 Å². The molecule has 0 saturated carbocycles. The number of rotatable bonds is 4. The van der Waals surface area contributed by atoms with Crippen molar-refractivity contribution in [3.63, 3.8) is 0 Å². The summed E-state index contributed by atoms with van der Waals surface area (Å²) in [6.45, 7) is -1.00. The minimum Gasteiger partial charge on any atom is -0.480 e. The van der Waals surface area contributed by atoms with Gasteiger partial charge in [0.2, 0.25) is 16.8 Å². The van der Waals surface area contributed by atoms with Crippen molar-refractivity contribution in [3.05, 3.63) is 50.1 Å². The number of benzene rings is 1. The average molecular weight is 274 g/mol. The van der Waals surface area contributed by atoms with Gasteiger partial charge in [-0.15, -0.1) is 0 Å². The summed E-state index contributed by atoms with van der Waals surface area (Å²) in [6.07, 6.45) is 0. The molecular weight excluding hydrogens is 264 g/mol. The number of nitrogens with zero attached hydrogens (tertiary/aromatic N) is 1. The first kappa shape index (κ1) is 13.6. The number of aliphatic carboxylic acids is 1. The molecular formula is C13H10N2O5. The quantitative estimate of drug-likeness (QED) is 0.707. The van der Waals surface area contributed by atoms with Gasteiger partial charge in [-0.05, 0) is 0 Å². The SMILES string of the molecule is O=C(O)CNC(=O)CN=c1c(=O)c2ccccc2c1=O. The zero-order valence-electron chi connectivity index (χ0n) is 10.3. The van der Waals surface area contributed by atoms with Gasteiger partial charge < -0.3 is 10.4 Å². The van der Waals surface area contributed by atoms with Gasteiger partial charge in [-0.2, -0.15) is 0 Å². The third kappa shape index (κ3) is 2.61. The first-order valence-corrected chi connectivity index (χ1v) is 5.72. The van der Waals surface area contributed by atoms with E-state index < -0.39 is 35.8 Å². The first-order valence-electron chi connectivity index (χ1n) is 5.72. The van der Waals surface area contributed by atoms with Crippen LogP contribution in [0, 0.1) is 0 Å². The van der Waals surface area contributed by atoms with Gasteiger partial charge >= 0.3 is 5.97 Å². The number of carboxylic acid groups (broad SMARTS) is 1. The first-order chi connectivity index (χ1) is 9.50. The van der Waals surface area contributed by atoms with Gasteiger partial charge in [0.15, 0.2) is 5.36 Å². The van der Waals surface area contributed by atoms with E-state index in [-0.39, 0.29) is 16.1 Å². The molecule has 0 radical (unpaired) electrons. The van der Waals surface area contributed by atoms with E-state index in [4.69, 9.17) is 5.11 Å². The minimum atomic E-state index is -1.19. The van der Waals surface area contributed by atoms with Crippen molar-refractivity contribution in [2.75, 3.05) is 13.1 Å². The van der Waals surface area contributed by atoms with Crippen LogP contribution in [0.5, 0.6) is 0 Å². The molecule has 20 heavy (non-hydrogen) atoms. The zero-order valence-corrected chi connectivity index (χ0v) is 10.3. The molecule has 2 N–H and O–H groups in total. The molecule has 0 spiro atoms. The van der Waals surface area contributed by atoms with Crippen LogP contribution in [0.15, 0.2) is 38.8 Å². The monoisotopic (exact) mass is 274 g/mol. The molecule has 0 aromatic heterocycles. The second-order valence-electron chi connectivity index (χ2n) is 4.04. The van der Waals surface area contributed by atoms with Gasteiger partial charge in [0.25, 0.3) is 0 Å². The number of carbonyl (C=O) groups is 2. The molecule has 0 aliphatic heterocycles. The largest absolute Gasteiger partial charge is 0.480 e. The van der Waals surface area contributed by atoms with Gasteiger partial charge in [0.1, 0.15) is 13.1 Å². The van der Waals surface area contributed by atoms with Crippen molar-refractivity contribution < 1.29 is 14.7 Å². The summed E-state index contributed by atoms with van der Waals surface area (Å²) >= 11 is 0. The van der Waals surface area contributed by atoms with Crippen LogP contribution in [0.3, 0.4) is 0 Å². The molecule has 102 valence electrons. The van der Waals surface area contributed by atoms with Crippen LogP contribution in [-0.4, -0.2) is 30.1 Å². The minimum absolute atomic E-state index is 0.266. The highest BCUT2D eigenvalue weighted by molar-refractivity contribution is 5.84. The lowest BCUT2D eigenvalue weighted by Crippen LogP contribution is -2.35. The highest BCUT2D eigenvalue weighted by atomic mass is 16.4. The van der Waals surface area contributed by atoms with Crippen molar-refractivity contribution in [2.24, 2.45) is 4.99 Å². The van der Waals surface area contributed by atoms with Crippen LogP contribution >= 0.6 is 0 Å². The number of hydrogen-bond donors (Lipinski definition) is 2. The second kappa shape index (κ2) is 5.43. The maximum atomic E-state index is 11.9. The highest BCUT2D eigenvalue weighted by Crippen LogP contribution is 2.01. The van der Waals surface area contributed by atoms with Crippen LogP contribution in [0.25, 0.3) is 10.8 Å². The Bertz CT molecular complexity index is 781. The zero-order chi connectivity index (χ0) is 14.7. The van der Waals surface area contributed by atoms with E-state index in [2.05, 4.69) is 10.3 Å². The second-order valence-corrected chi connectivity index (χ2v) is 4.04. The molecule has 0 aliphatic carbocycles. The van der Waals surface area contributed by atoms with Gasteiger partial charge in [0, 0.05) is 10.8 Å². The Kier molecular flexibility index (Phi) is 3.69. The summed E-state index contributed by atoms with van der Waals surface area (Å²) in [4.78, 5) is 49.1. The van der Waals surface area contributed by atoms with Crippen molar-refractivity contribution in [2.45, 2.75) is 0 Å². The van der Waals surface area contributed by atoms with Gasteiger partial charge in [-0.25, -0.2) is 0 Å². The number of carbonyl (C=O) groups excluding carboxylic acids is 1. The fourth-order valence-corrected chi connectivity index (χ4v) is 1.76. The van der Waals surface area contributed by atoms with E-state index in [1.165, 1.54) is 12.1 Å². The number of amides is 1. The summed E-state index contributed by atoms with van der Waals surface area (Å²) < 4.78 is 0. The normalized spacial score (nSPS) is 10.4. The molecule has 0 unspecified atom stereocenters. The van der Waals surface area contributed by atoms with E-state index in [1.54, 1.807) is 12.1 Å². The van der Waals surface area contributed by atoms with E-state index in [9.17, 15) is 19.2 Å². The standard InChI is InChI=1S/C13H10N2O5/c16-9(14-6-10(17)18)5-15-11-12(19)7-3-1-2-4-8(7)13(11)20/h1-4H,5-6H2,(H,14,16)(H,17,18). The third-order valence-corrected chi connectivity index (χ3v) is 2.66. The fourth-order valence-electron chi connectivity index (χ4n) is 1.76. The number of fused-ring (bicyclic) bond motifs is 1. The molecule has 7 nitrogen and oxygen atoms in total. The van der Waals surface area contributed by atoms with Crippen molar-refractivity contribution >= 4 is 22.6 Å². The number of hydrogen-bond acceptors (Lipinski definition) is 5. The predicted molar refractivity (Wildman–Crippen MR) is 69.9 cm³/mol. The van der Waals surface area contributed by atoms with Crippen LogP contribution in [0.4, 0.5) is 0 Å². The molecule has 1 amide bonds. The Morgan fingerprint density at radius 3 is 2.15 bits per heavy atom. The summed E-state index contributed by atoms with van der Waals surface area (Å²) in [5, 5.41) is 10.7. The number of carboxylic acids is 1. The molecule has 0 bridgehead atoms. The average Bonchev–Trinajstić information content (AvgIpc) is 2.67. The maximum absolute atomic E-state index is 11.9. The Hall–Kier alpha value is -2.83. The lowest BCUT2D eigenvalue weighted by Gasteiger charge is -1.96. The lowest BCUT2D eigenvalue weighted by molar-refractivity contribution is -0.137. The highest BCUT2D eigenvalue weighted by Gasteiger charge is 2.10. The molecule has 0 atom stereocenters. The van der Waals surface area contributed by atoms with E-state index >= 15 is 0 Å². The maximum Gasteiger partial charge on any atom is 0.322 e. The Labute approximate surface area is 111 Å². The molecule has 0 saturated heterocycles. The molecule has 2 aromatic rings. The van der Waals surface area contributed by atoms with Gasteiger partial charge in [-0.1, -0.05) is 24.3 Å². The molecule has 2 rings (SSSR count). The lowest BCUT2D eigenvalue weighted by atomic mass is 10.2. The summed E-state index contributed by atoms with van der Waals surface area (Å²) in [6, 6.07) is 6.30. The van der Waals surface area contributed by atoms with E-state index in [0.717, 1.165) is 0 Å². The Balaban J connectivity index is 2.32. The topological polar surface area (TPSA) is 113 Å². The van der Waals surface area contributed by atoms with Crippen LogP contribution in [0.1, 0.15) is 0 Å².